The van der Waals surface area contributed by atoms with Crippen molar-refractivity contribution in [2.75, 3.05) is 12.0 Å². The summed E-state index contributed by atoms with van der Waals surface area (Å²) in [5.74, 6) is -0.368. The van der Waals surface area contributed by atoms with Gasteiger partial charge in [-0.2, -0.15) is 0 Å². The van der Waals surface area contributed by atoms with E-state index in [2.05, 4.69) is 57.9 Å². The molecule has 1 N–H and O–H groups in total. The third-order valence-corrected chi connectivity index (χ3v) is 6.53. The van der Waals surface area contributed by atoms with Gasteiger partial charge in [-0.3, -0.25) is 4.98 Å². The van der Waals surface area contributed by atoms with Crippen molar-refractivity contribution >= 4 is 29.0 Å². The fourth-order valence-corrected chi connectivity index (χ4v) is 5.14. The van der Waals surface area contributed by atoms with E-state index in [0.29, 0.717) is 10.7 Å². The van der Waals surface area contributed by atoms with E-state index in [0.717, 1.165) is 22.8 Å². The molecular formula is C28H26N4O2S. The standard InChI is InChI=1S/C28H26N4O2S/c1-18-14-19(2)16-22(15-18)32-26(25(30-28(32)35)23-10-4-5-12-29-23)24-11-7-13-31(24)21-9-6-8-20(17-21)27(33)34-3/h4-17,25-26H,1-3H3,(H,30,35)/t25-,26-/m0/s1. The summed E-state index contributed by atoms with van der Waals surface area (Å²) in [5.41, 5.74) is 6.66. The number of hydrogen-bond acceptors (Lipinski definition) is 4. The lowest BCUT2D eigenvalue weighted by molar-refractivity contribution is 0.0600. The molecule has 35 heavy (non-hydrogen) atoms. The molecule has 0 aliphatic carbocycles. The maximum Gasteiger partial charge on any atom is 0.337 e. The molecule has 1 saturated heterocycles. The van der Waals surface area contributed by atoms with Gasteiger partial charge in [0, 0.05) is 29.5 Å². The Labute approximate surface area is 210 Å². The summed E-state index contributed by atoms with van der Waals surface area (Å²) < 4.78 is 7.03. The first-order chi connectivity index (χ1) is 17.0. The van der Waals surface area contributed by atoms with Crippen molar-refractivity contribution in [3.8, 4) is 5.69 Å². The molecule has 0 amide bonds. The van der Waals surface area contributed by atoms with Gasteiger partial charge in [-0.1, -0.05) is 18.2 Å². The minimum Gasteiger partial charge on any atom is -0.465 e. The molecule has 0 bridgehead atoms. The van der Waals surface area contributed by atoms with E-state index in [1.807, 2.05) is 48.7 Å². The average molecular weight is 483 g/mol. The molecule has 0 spiro atoms. The highest BCUT2D eigenvalue weighted by Gasteiger charge is 2.42. The Kier molecular flexibility index (Phi) is 6.09. The van der Waals surface area contributed by atoms with Crippen molar-refractivity contribution in [1.82, 2.24) is 14.9 Å². The highest BCUT2D eigenvalue weighted by atomic mass is 32.1. The fraction of sp³-hybridized carbons (Fsp3) is 0.179. The number of aromatic nitrogens is 2. The highest BCUT2D eigenvalue weighted by Crippen LogP contribution is 2.42. The van der Waals surface area contributed by atoms with Gasteiger partial charge < -0.3 is 19.5 Å². The summed E-state index contributed by atoms with van der Waals surface area (Å²) in [6, 6.07) is 23.6. The average Bonchev–Trinajstić information content (AvgIpc) is 3.47. The number of esters is 1. The smallest absolute Gasteiger partial charge is 0.337 e. The summed E-state index contributed by atoms with van der Waals surface area (Å²) in [4.78, 5) is 19.0. The van der Waals surface area contributed by atoms with Crippen LogP contribution < -0.4 is 10.2 Å². The topological polar surface area (TPSA) is 59.4 Å². The molecule has 0 unspecified atom stereocenters. The van der Waals surface area contributed by atoms with Crippen LogP contribution >= 0.6 is 12.2 Å². The molecule has 1 fully saturated rings. The molecule has 5 rings (SSSR count). The van der Waals surface area contributed by atoms with Crippen molar-refractivity contribution in [1.29, 1.82) is 0 Å². The Morgan fingerprint density at radius 1 is 0.971 bits per heavy atom. The Morgan fingerprint density at radius 3 is 2.49 bits per heavy atom. The van der Waals surface area contributed by atoms with Crippen molar-refractivity contribution < 1.29 is 9.53 Å². The first kappa shape index (κ1) is 22.8. The second-order valence-corrected chi connectivity index (χ2v) is 9.07. The number of benzene rings is 2. The third kappa shape index (κ3) is 4.31. The first-order valence-corrected chi connectivity index (χ1v) is 11.8. The maximum atomic E-state index is 12.2. The number of anilines is 1. The van der Waals surface area contributed by atoms with Crippen LogP contribution in [0, 0.1) is 13.8 Å². The van der Waals surface area contributed by atoms with Crippen LogP contribution in [0.25, 0.3) is 5.69 Å². The lowest BCUT2D eigenvalue weighted by Crippen LogP contribution is -2.30. The van der Waals surface area contributed by atoms with Gasteiger partial charge in [0.1, 0.15) is 6.04 Å². The zero-order chi connectivity index (χ0) is 24.5. The number of rotatable bonds is 5. The lowest BCUT2D eigenvalue weighted by atomic mass is 10.00. The number of carbonyl (C=O) groups is 1. The molecule has 7 heteroatoms. The number of nitrogens with one attached hydrogen (secondary N) is 1. The van der Waals surface area contributed by atoms with Crippen LogP contribution in [0.3, 0.4) is 0 Å². The summed E-state index contributed by atoms with van der Waals surface area (Å²) in [7, 11) is 1.39. The van der Waals surface area contributed by atoms with E-state index in [1.165, 1.54) is 18.2 Å². The SMILES string of the molecule is COC(=O)c1cccc(-n2cccc2[C@H]2[C@H](c3ccccn3)NC(=S)N2c2cc(C)cc(C)c2)c1. The van der Waals surface area contributed by atoms with E-state index >= 15 is 0 Å². The van der Waals surface area contributed by atoms with Gasteiger partial charge in [-0.25, -0.2) is 4.79 Å². The Balaban J connectivity index is 1.67. The number of aryl methyl sites for hydroxylation is 2. The second kappa shape index (κ2) is 9.35. The van der Waals surface area contributed by atoms with Crippen LogP contribution in [-0.4, -0.2) is 27.7 Å². The number of carbonyl (C=O) groups excluding carboxylic acids is 1. The number of hydrogen-bond donors (Lipinski definition) is 1. The summed E-state index contributed by atoms with van der Waals surface area (Å²) in [5, 5.41) is 4.17. The molecule has 0 saturated carbocycles. The van der Waals surface area contributed by atoms with Crippen molar-refractivity contribution in [2.24, 2.45) is 0 Å². The quantitative estimate of drug-likeness (QED) is 0.301. The van der Waals surface area contributed by atoms with E-state index in [4.69, 9.17) is 17.0 Å². The second-order valence-electron chi connectivity index (χ2n) is 8.69. The predicted molar refractivity (Wildman–Crippen MR) is 141 cm³/mol. The third-order valence-electron chi connectivity index (χ3n) is 6.21. The van der Waals surface area contributed by atoms with Gasteiger partial charge in [-0.05, 0) is 91.8 Å². The molecule has 0 radical (unpaired) electrons. The summed E-state index contributed by atoms with van der Waals surface area (Å²) in [6.45, 7) is 4.19. The Hall–Kier alpha value is -3.97. The summed E-state index contributed by atoms with van der Waals surface area (Å²) >= 11 is 5.88. The largest absolute Gasteiger partial charge is 0.465 e. The van der Waals surface area contributed by atoms with Gasteiger partial charge >= 0.3 is 5.97 Å². The van der Waals surface area contributed by atoms with Gasteiger partial charge in [0.05, 0.1) is 24.4 Å². The number of pyridine rings is 1. The van der Waals surface area contributed by atoms with Gasteiger partial charge in [0.25, 0.3) is 0 Å². The van der Waals surface area contributed by atoms with Crippen LogP contribution in [0.1, 0.15) is 45.0 Å². The van der Waals surface area contributed by atoms with E-state index in [-0.39, 0.29) is 18.1 Å². The van der Waals surface area contributed by atoms with E-state index in [1.54, 1.807) is 12.3 Å². The van der Waals surface area contributed by atoms with Crippen molar-refractivity contribution in [3.05, 3.63) is 113 Å². The Bertz CT molecular complexity index is 1380. The molecule has 2 aromatic carbocycles. The molecule has 4 aromatic rings. The van der Waals surface area contributed by atoms with Crippen LogP contribution in [0.15, 0.2) is 85.2 Å². The monoisotopic (exact) mass is 482 g/mol. The number of thiocarbonyl (C=S) groups is 1. The molecule has 3 heterocycles. The van der Waals surface area contributed by atoms with Gasteiger partial charge in [0.15, 0.2) is 5.11 Å². The van der Waals surface area contributed by atoms with Gasteiger partial charge in [-0.15, -0.1) is 0 Å². The maximum absolute atomic E-state index is 12.2. The molecule has 1 aliphatic heterocycles. The first-order valence-electron chi connectivity index (χ1n) is 11.4. The molecule has 2 aromatic heterocycles. The molecule has 2 atom stereocenters. The van der Waals surface area contributed by atoms with Crippen LogP contribution in [0.2, 0.25) is 0 Å². The van der Waals surface area contributed by atoms with Gasteiger partial charge in [0.2, 0.25) is 0 Å². The predicted octanol–water partition coefficient (Wildman–Crippen LogP) is 5.45. The summed E-state index contributed by atoms with van der Waals surface area (Å²) in [6.07, 6.45) is 3.80. The fourth-order valence-electron chi connectivity index (χ4n) is 4.79. The normalized spacial score (nSPS) is 17.3. The lowest BCUT2D eigenvalue weighted by Gasteiger charge is -2.29. The van der Waals surface area contributed by atoms with Crippen LogP contribution in [0.4, 0.5) is 5.69 Å². The molecule has 6 nitrogen and oxygen atoms in total. The van der Waals surface area contributed by atoms with E-state index < -0.39 is 0 Å². The van der Waals surface area contributed by atoms with Crippen LogP contribution in [-0.2, 0) is 4.74 Å². The van der Waals surface area contributed by atoms with Crippen molar-refractivity contribution in [2.45, 2.75) is 25.9 Å². The number of methoxy groups -OCH3 is 1. The van der Waals surface area contributed by atoms with Crippen LogP contribution in [0.5, 0.6) is 0 Å². The zero-order valence-corrected chi connectivity index (χ0v) is 20.6. The minimum atomic E-state index is -0.368. The molecular weight excluding hydrogens is 456 g/mol. The highest BCUT2D eigenvalue weighted by molar-refractivity contribution is 7.80. The molecule has 1 aliphatic rings. The van der Waals surface area contributed by atoms with Crippen molar-refractivity contribution in [3.63, 3.8) is 0 Å². The molecule has 176 valence electrons. The Morgan fingerprint density at radius 2 is 1.77 bits per heavy atom. The minimum absolute atomic E-state index is 0.165. The number of nitrogens with zero attached hydrogens (tertiary/aromatic N) is 3. The zero-order valence-electron chi connectivity index (χ0n) is 19.8. The van der Waals surface area contributed by atoms with E-state index in [9.17, 15) is 4.79 Å². The number of ether oxygens (including phenoxy) is 1.